The quantitative estimate of drug-likeness (QED) is 0.779. The van der Waals surface area contributed by atoms with Gasteiger partial charge >= 0.3 is 0 Å². The van der Waals surface area contributed by atoms with Crippen molar-refractivity contribution in [3.8, 4) is 5.75 Å². The number of hydrogen-bond donors (Lipinski definition) is 1. The largest absolute Gasteiger partial charge is 0.489 e. The third kappa shape index (κ3) is 4.35. The molecule has 0 bridgehead atoms. The van der Waals surface area contributed by atoms with Crippen molar-refractivity contribution in [1.29, 1.82) is 0 Å². The fraction of sp³-hybridized carbons (Fsp3) is 0.294. The Morgan fingerprint density at radius 2 is 1.70 bits per heavy atom. The van der Waals surface area contributed by atoms with E-state index in [-0.39, 0.29) is 5.82 Å². The van der Waals surface area contributed by atoms with Crippen LogP contribution in [0.1, 0.15) is 18.1 Å². The van der Waals surface area contributed by atoms with Crippen LogP contribution in [0.15, 0.2) is 48.5 Å². The molecule has 0 aliphatic carbocycles. The molecule has 0 saturated carbocycles. The van der Waals surface area contributed by atoms with Gasteiger partial charge in [0.1, 0.15) is 18.2 Å². The highest BCUT2D eigenvalue weighted by Crippen LogP contribution is 2.16. The molecule has 0 saturated heterocycles. The highest BCUT2D eigenvalue weighted by atomic mass is 19.1. The van der Waals surface area contributed by atoms with E-state index in [9.17, 15) is 4.39 Å². The second-order valence-corrected chi connectivity index (χ2v) is 4.61. The number of likely N-dealkylation sites (N-methyl/N-ethyl adjacent to an activating group) is 1. The van der Waals surface area contributed by atoms with Gasteiger partial charge in [-0.1, -0.05) is 31.2 Å². The van der Waals surface area contributed by atoms with Crippen LogP contribution >= 0.6 is 0 Å². The molecule has 0 radical (unpaired) electrons. The first-order chi connectivity index (χ1) is 9.79. The molecule has 2 rings (SSSR count). The highest BCUT2D eigenvalue weighted by Gasteiger charge is 2.03. The van der Waals surface area contributed by atoms with E-state index in [1.165, 1.54) is 23.3 Å². The molecule has 0 heterocycles. The first kappa shape index (κ1) is 14.5. The molecule has 0 aliphatic rings. The summed E-state index contributed by atoms with van der Waals surface area (Å²) in [6, 6.07) is 14.4. The maximum absolute atomic E-state index is 12.8. The van der Waals surface area contributed by atoms with Gasteiger partial charge in [-0.25, -0.2) is 4.39 Å². The van der Waals surface area contributed by atoms with Crippen LogP contribution in [0.4, 0.5) is 4.39 Å². The molecule has 0 amide bonds. The van der Waals surface area contributed by atoms with Crippen LogP contribution in [0.2, 0.25) is 0 Å². The zero-order valence-corrected chi connectivity index (χ0v) is 11.7. The van der Waals surface area contributed by atoms with E-state index in [0.717, 1.165) is 19.5 Å². The SMILES string of the molecule is CCNCCc1ccccc1COc1ccc(F)cc1. The average Bonchev–Trinajstić information content (AvgIpc) is 2.48. The van der Waals surface area contributed by atoms with Crippen molar-refractivity contribution in [2.45, 2.75) is 20.0 Å². The minimum Gasteiger partial charge on any atom is -0.489 e. The van der Waals surface area contributed by atoms with Crippen molar-refractivity contribution in [1.82, 2.24) is 5.32 Å². The van der Waals surface area contributed by atoms with Crippen LogP contribution in [0.3, 0.4) is 0 Å². The van der Waals surface area contributed by atoms with Gasteiger partial charge in [0.15, 0.2) is 0 Å². The molecule has 3 heteroatoms. The maximum atomic E-state index is 12.8. The predicted octanol–water partition coefficient (Wildman–Crippen LogP) is 3.56. The summed E-state index contributed by atoms with van der Waals surface area (Å²) in [5, 5.41) is 3.32. The molecule has 0 atom stereocenters. The van der Waals surface area contributed by atoms with Crippen LogP contribution in [0.5, 0.6) is 5.75 Å². The zero-order chi connectivity index (χ0) is 14.2. The first-order valence-electron chi connectivity index (χ1n) is 6.95. The lowest BCUT2D eigenvalue weighted by Gasteiger charge is -2.11. The van der Waals surface area contributed by atoms with E-state index >= 15 is 0 Å². The summed E-state index contributed by atoms with van der Waals surface area (Å²) in [7, 11) is 0. The van der Waals surface area contributed by atoms with Gasteiger partial charge < -0.3 is 10.1 Å². The van der Waals surface area contributed by atoms with Crippen LogP contribution in [-0.2, 0) is 13.0 Å². The standard InChI is InChI=1S/C17H20FNO/c1-2-19-12-11-14-5-3-4-6-15(14)13-20-17-9-7-16(18)8-10-17/h3-10,19H,2,11-13H2,1H3. The Morgan fingerprint density at radius 1 is 1.00 bits per heavy atom. The van der Waals surface area contributed by atoms with Crippen LogP contribution < -0.4 is 10.1 Å². The number of halogens is 1. The average molecular weight is 273 g/mol. The van der Waals surface area contributed by atoms with Crippen LogP contribution in [0, 0.1) is 5.82 Å². The van der Waals surface area contributed by atoms with Gasteiger partial charge in [-0.15, -0.1) is 0 Å². The van der Waals surface area contributed by atoms with E-state index in [1.807, 2.05) is 12.1 Å². The Hall–Kier alpha value is -1.87. The van der Waals surface area contributed by atoms with Crippen molar-refractivity contribution in [3.05, 3.63) is 65.5 Å². The molecule has 0 aromatic heterocycles. The molecule has 1 N–H and O–H groups in total. The molecular formula is C17H20FNO. The first-order valence-corrected chi connectivity index (χ1v) is 6.95. The van der Waals surface area contributed by atoms with Gasteiger partial charge in [0.25, 0.3) is 0 Å². The molecule has 2 aromatic carbocycles. The van der Waals surface area contributed by atoms with Crippen LogP contribution in [-0.4, -0.2) is 13.1 Å². The van der Waals surface area contributed by atoms with Gasteiger partial charge in [0.05, 0.1) is 0 Å². The Labute approximate surface area is 119 Å². The third-order valence-corrected chi connectivity index (χ3v) is 3.15. The molecule has 20 heavy (non-hydrogen) atoms. The lowest BCUT2D eigenvalue weighted by atomic mass is 10.1. The van der Waals surface area contributed by atoms with Crippen molar-refractivity contribution >= 4 is 0 Å². The van der Waals surface area contributed by atoms with Crippen molar-refractivity contribution in [2.24, 2.45) is 0 Å². The van der Waals surface area contributed by atoms with Crippen molar-refractivity contribution in [2.75, 3.05) is 13.1 Å². The smallest absolute Gasteiger partial charge is 0.123 e. The fourth-order valence-electron chi connectivity index (χ4n) is 2.03. The number of hydrogen-bond acceptors (Lipinski definition) is 2. The Balaban J connectivity index is 1.96. The maximum Gasteiger partial charge on any atom is 0.123 e. The number of ether oxygens (including phenoxy) is 1. The molecule has 0 unspecified atom stereocenters. The predicted molar refractivity (Wildman–Crippen MR) is 79.4 cm³/mol. The molecule has 0 spiro atoms. The van der Waals surface area contributed by atoms with Gasteiger partial charge in [0.2, 0.25) is 0 Å². The summed E-state index contributed by atoms with van der Waals surface area (Å²) in [5.74, 6) is 0.441. The van der Waals surface area contributed by atoms with Gasteiger partial charge in [-0.2, -0.15) is 0 Å². The molecule has 2 nitrogen and oxygen atoms in total. The fourth-order valence-corrected chi connectivity index (χ4v) is 2.03. The monoisotopic (exact) mass is 273 g/mol. The summed E-state index contributed by atoms with van der Waals surface area (Å²) in [6.07, 6.45) is 0.983. The third-order valence-electron chi connectivity index (χ3n) is 3.15. The summed E-state index contributed by atoms with van der Waals surface area (Å²) >= 11 is 0. The summed E-state index contributed by atoms with van der Waals surface area (Å²) in [5.41, 5.74) is 2.46. The van der Waals surface area contributed by atoms with E-state index < -0.39 is 0 Å². The minimum absolute atomic E-state index is 0.247. The number of benzene rings is 2. The lowest BCUT2D eigenvalue weighted by molar-refractivity contribution is 0.304. The Kier molecular flexibility index (Phi) is 5.56. The molecule has 106 valence electrons. The van der Waals surface area contributed by atoms with E-state index in [1.54, 1.807) is 12.1 Å². The summed E-state index contributed by atoms with van der Waals surface area (Å²) < 4.78 is 18.5. The zero-order valence-electron chi connectivity index (χ0n) is 11.7. The molecule has 0 aliphatic heterocycles. The second kappa shape index (κ2) is 7.65. The summed E-state index contributed by atoms with van der Waals surface area (Å²) in [4.78, 5) is 0. The Bertz CT molecular complexity index is 525. The highest BCUT2D eigenvalue weighted by molar-refractivity contribution is 5.28. The van der Waals surface area contributed by atoms with E-state index in [0.29, 0.717) is 12.4 Å². The van der Waals surface area contributed by atoms with E-state index in [2.05, 4.69) is 24.4 Å². The molecule has 0 fully saturated rings. The van der Waals surface area contributed by atoms with Crippen LogP contribution in [0.25, 0.3) is 0 Å². The van der Waals surface area contributed by atoms with Gasteiger partial charge in [0, 0.05) is 0 Å². The molecule has 2 aromatic rings. The minimum atomic E-state index is -0.247. The normalized spacial score (nSPS) is 10.5. The van der Waals surface area contributed by atoms with E-state index in [4.69, 9.17) is 4.74 Å². The van der Waals surface area contributed by atoms with Gasteiger partial charge in [-0.05, 0) is 54.9 Å². The van der Waals surface area contributed by atoms with Crippen molar-refractivity contribution in [3.63, 3.8) is 0 Å². The molecular weight excluding hydrogens is 253 g/mol. The topological polar surface area (TPSA) is 21.3 Å². The summed E-state index contributed by atoms with van der Waals surface area (Å²) in [6.45, 7) is 4.55. The Morgan fingerprint density at radius 3 is 2.40 bits per heavy atom. The second-order valence-electron chi connectivity index (χ2n) is 4.61. The number of nitrogens with one attached hydrogen (secondary N) is 1. The van der Waals surface area contributed by atoms with Crippen molar-refractivity contribution < 1.29 is 9.13 Å². The number of rotatable bonds is 7. The lowest BCUT2D eigenvalue weighted by Crippen LogP contribution is -2.17. The van der Waals surface area contributed by atoms with Gasteiger partial charge in [-0.3, -0.25) is 0 Å².